The number of carboxylic acids is 2. The van der Waals surface area contributed by atoms with E-state index in [1.165, 1.54) is 31.9 Å². The van der Waals surface area contributed by atoms with Gasteiger partial charge in [-0.3, -0.25) is 9.59 Å². The van der Waals surface area contributed by atoms with E-state index in [1.54, 1.807) is 0 Å². The largest absolute Gasteiger partial charge is 2.00 e. The van der Waals surface area contributed by atoms with Crippen molar-refractivity contribution in [2.75, 3.05) is 0 Å². The third-order valence-electron chi connectivity index (χ3n) is 5.61. The second-order valence-electron chi connectivity index (χ2n) is 8.66. The predicted molar refractivity (Wildman–Crippen MR) is 141 cm³/mol. The van der Waals surface area contributed by atoms with Crippen molar-refractivity contribution >= 4 is 51.9 Å². The van der Waals surface area contributed by atoms with Crippen LogP contribution >= 0.6 is 0 Å². The third kappa shape index (κ3) is 8.39. The second-order valence-corrected chi connectivity index (χ2v) is 13.1. The predicted octanol–water partition coefficient (Wildman–Crippen LogP) is 5.99. The van der Waals surface area contributed by atoms with Gasteiger partial charge in [-0.2, -0.15) is 22.9 Å². The van der Waals surface area contributed by atoms with E-state index in [0.717, 1.165) is 12.8 Å². The standard InChI is InChI=1S/C20H18Si.2C4H8O2.Ti/c1-21(2,19-11-15-7-3-4-8-16(15)12-19)20-13-17-9-5-6-10-18(17)14-20;2*1-2-3-4(5)6;/h3-14H,1-2H3;2*2-3H2,1H3,(H,5,6);/q-2;;;+2. The Bertz CT molecular complexity index is 1030. The molecule has 0 atom stereocenters. The van der Waals surface area contributed by atoms with Gasteiger partial charge in [0.1, 0.15) is 0 Å². The van der Waals surface area contributed by atoms with Crippen molar-refractivity contribution in [2.45, 2.75) is 52.6 Å². The number of aliphatic carboxylic acids is 2. The molecule has 6 heteroatoms. The molecular formula is C28H34O4SiTi. The van der Waals surface area contributed by atoms with Crippen LogP contribution in [0.15, 0.2) is 72.8 Å². The average Bonchev–Trinajstić information content (AvgIpc) is 3.39. The van der Waals surface area contributed by atoms with Crippen molar-refractivity contribution in [3.8, 4) is 0 Å². The number of hydrogen-bond donors (Lipinski definition) is 2. The Kier molecular flexibility index (Phi) is 12.2. The minimum Gasteiger partial charge on any atom is -0.481 e. The maximum absolute atomic E-state index is 9.60. The molecule has 0 radical (unpaired) electrons. The molecule has 0 heterocycles. The van der Waals surface area contributed by atoms with Crippen LogP contribution in [0, 0.1) is 0 Å². The van der Waals surface area contributed by atoms with Crippen LogP contribution in [-0.2, 0) is 31.3 Å². The van der Waals surface area contributed by atoms with Gasteiger partial charge in [0.05, 0.1) is 8.07 Å². The molecule has 0 amide bonds. The monoisotopic (exact) mass is 510 g/mol. The second kappa shape index (κ2) is 14.1. The van der Waals surface area contributed by atoms with Crippen molar-refractivity contribution < 1.29 is 41.5 Å². The summed E-state index contributed by atoms with van der Waals surface area (Å²) in [4.78, 5) is 19.2. The van der Waals surface area contributed by atoms with Crippen LogP contribution in [-0.4, -0.2) is 30.2 Å². The number of benzene rings is 2. The van der Waals surface area contributed by atoms with E-state index < -0.39 is 20.0 Å². The Hall–Kier alpha value is -2.47. The Morgan fingerprint density at radius 1 is 0.735 bits per heavy atom. The number of carbonyl (C=O) groups is 2. The summed E-state index contributed by atoms with van der Waals surface area (Å²) in [5.41, 5.74) is 0. The quantitative estimate of drug-likeness (QED) is 0.247. The molecular weight excluding hydrogens is 476 g/mol. The number of hydrogen-bond acceptors (Lipinski definition) is 2. The summed E-state index contributed by atoms with van der Waals surface area (Å²) in [5.74, 6) is -1.42. The normalized spacial score (nSPS) is 10.5. The molecule has 0 aliphatic heterocycles. The Balaban J connectivity index is 0.000000375. The summed E-state index contributed by atoms with van der Waals surface area (Å²) in [6.45, 7) is 8.59. The third-order valence-corrected chi connectivity index (χ3v) is 9.07. The van der Waals surface area contributed by atoms with Crippen LogP contribution in [0.25, 0.3) is 21.5 Å². The van der Waals surface area contributed by atoms with E-state index >= 15 is 0 Å². The molecule has 0 saturated carbocycles. The van der Waals surface area contributed by atoms with Crippen molar-refractivity contribution in [3.05, 3.63) is 72.8 Å². The van der Waals surface area contributed by atoms with Crippen molar-refractivity contribution in [3.63, 3.8) is 0 Å². The van der Waals surface area contributed by atoms with Crippen LogP contribution in [0.5, 0.6) is 0 Å². The minimum atomic E-state index is -1.62. The number of carboxylic acid groups (broad SMARTS) is 2. The molecule has 4 rings (SSSR count). The van der Waals surface area contributed by atoms with Gasteiger partial charge >= 0.3 is 33.7 Å². The summed E-state index contributed by atoms with van der Waals surface area (Å²) in [5, 5.41) is 24.3. The number of rotatable bonds is 6. The fraction of sp³-hybridized carbons (Fsp3) is 0.286. The molecule has 0 unspecified atom stereocenters. The van der Waals surface area contributed by atoms with Crippen LogP contribution in [0.3, 0.4) is 0 Å². The zero-order valence-corrected chi connectivity index (χ0v) is 23.0. The average molecular weight is 511 g/mol. The molecule has 0 spiro atoms. The van der Waals surface area contributed by atoms with Gasteiger partial charge < -0.3 is 10.2 Å². The molecule has 4 nitrogen and oxygen atoms in total. The van der Waals surface area contributed by atoms with Crippen LogP contribution in [0.2, 0.25) is 13.1 Å². The minimum absolute atomic E-state index is 0. The summed E-state index contributed by atoms with van der Waals surface area (Å²) in [7, 11) is -1.62. The molecule has 4 aromatic carbocycles. The zero-order valence-electron chi connectivity index (χ0n) is 20.5. The van der Waals surface area contributed by atoms with E-state index in [4.69, 9.17) is 10.2 Å². The van der Waals surface area contributed by atoms with Gasteiger partial charge in [0.25, 0.3) is 0 Å². The maximum Gasteiger partial charge on any atom is 2.00 e. The molecule has 4 aromatic rings. The first-order chi connectivity index (χ1) is 15.7. The molecule has 0 aliphatic carbocycles. The van der Waals surface area contributed by atoms with Crippen LogP contribution < -0.4 is 10.4 Å². The van der Waals surface area contributed by atoms with Crippen LogP contribution in [0.4, 0.5) is 0 Å². The Morgan fingerprint density at radius 2 is 1.09 bits per heavy atom. The molecule has 2 N–H and O–H groups in total. The van der Waals surface area contributed by atoms with Gasteiger partial charge in [0.15, 0.2) is 0 Å². The molecule has 178 valence electrons. The van der Waals surface area contributed by atoms with E-state index in [1.807, 2.05) is 13.8 Å². The van der Waals surface area contributed by atoms with Gasteiger partial charge in [-0.25, -0.2) is 0 Å². The molecule has 34 heavy (non-hydrogen) atoms. The first kappa shape index (κ1) is 29.6. The van der Waals surface area contributed by atoms with E-state index in [9.17, 15) is 9.59 Å². The van der Waals surface area contributed by atoms with Crippen LogP contribution in [0.1, 0.15) is 39.5 Å². The van der Waals surface area contributed by atoms with E-state index in [0.29, 0.717) is 12.8 Å². The van der Waals surface area contributed by atoms with E-state index in [-0.39, 0.29) is 21.7 Å². The summed E-state index contributed by atoms with van der Waals surface area (Å²) in [6.07, 6.45) is 2.05. The van der Waals surface area contributed by atoms with Crippen molar-refractivity contribution in [1.82, 2.24) is 0 Å². The van der Waals surface area contributed by atoms with Gasteiger partial charge in [0.2, 0.25) is 0 Å². The van der Waals surface area contributed by atoms with Gasteiger partial charge in [-0.15, -0.1) is 69.7 Å². The first-order valence-corrected chi connectivity index (χ1v) is 14.4. The van der Waals surface area contributed by atoms with Crippen molar-refractivity contribution in [1.29, 1.82) is 0 Å². The summed E-state index contributed by atoms with van der Waals surface area (Å²) >= 11 is 0. The van der Waals surface area contributed by atoms with Gasteiger partial charge in [0, 0.05) is 12.8 Å². The molecule has 0 aromatic heterocycles. The van der Waals surface area contributed by atoms with E-state index in [2.05, 4.69) is 85.9 Å². The summed E-state index contributed by atoms with van der Waals surface area (Å²) < 4.78 is 0. The number of fused-ring (bicyclic) bond motifs is 2. The molecule has 0 aliphatic rings. The smallest absolute Gasteiger partial charge is 0.481 e. The summed E-state index contributed by atoms with van der Waals surface area (Å²) in [6, 6.07) is 26.9. The fourth-order valence-corrected chi connectivity index (χ4v) is 6.02. The topological polar surface area (TPSA) is 74.6 Å². The SMILES string of the molecule is CCCC(=O)O.CCCC(=O)O.C[Si](C)(c1cc2ccccc2[cH-]1)c1cc2ccccc2[cH-]1.[Ti+2]. The maximum atomic E-state index is 9.60. The zero-order chi connectivity index (χ0) is 24.4. The Labute approximate surface area is 218 Å². The Morgan fingerprint density at radius 3 is 1.35 bits per heavy atom. The van der Waals surface area contributed by atoms with Gasteiger partial charge in [-0.05, 0) is 12.8 Å². The van der Waals surface area contributed by atoms with Gasteiger partial charge in [-0.1, -0.05) is 39.1 Å². The molecule has 0 saturated heterocycles. The fourth-order valence-electron chi connectivity index (χ4n) is 3.62. The van der Waals surface area contributed by atoms with Crippen molar-refractivity contribution in [2.24, 2.45) is 0 Å². The first-order valence-electron chi connectivity index (χ1n) is 11.4. The molecule has 0 bridgehead atoms. The molecule has 0 fully saturated rings.